The zero-order chi connectivity index (χ0) is 23.7. The van der Waals surface area contributed by atoms with Gasteiger partial charge in [-0.2, -0.15) is 0 Å². The first-order valence-electron chi connectivity index (χ1n) is 10.6. The number of imide groups is 1. The van der Waals surface area contributed by atoms with Gasteiger partial charge in [0.2, 0.25) is 12.7 Å². The molecule has 3 aromatic rings. The summed E-state index contributed by atoms with van der Waals surface area (Å²) in [6.45, 7) is 0.461. The van der Waals surface area contributed by atoms with Crippen LogP contribution in [0, 0.1) is 0 Å². The minimum Gasteiger partial charge on any atom is -0.454 e. The Kier molecular flexibility index (Phi) is 6.08. The van der Waals surface area contributed by atoms with Crippen molar-refractivity contribution in [3.8, 4) is 11.5 Å². The Morgan fingerprint density at radius 3 is 2.62 bits per heavy atom. The molecule has 2 aliphatic heterocycles. The van der Waals surface area contributed by atoms with Gasteiger partial charge in [-0.1, -0.05) is 41.9 Å². The van der Waals surface area contributed by atoms with Crippen molar-refractivity contribution in [2.24, 2.45) is 0 Å². The van der Waals surface area contributed by atoms with Crippen molar-refractivity contribution in [3.63, 3.8) is 0 Å². The van der Waals surface area contributed by atoms with Crippen LogP contribution in [0.5, 0.6) is 11.5 Å². The van der Waals surface area contributed by atoms with Gasteiger partial charge in [0.1, 0.15) is 6.04 Å². The highest BCUT2D eigenvalue weighted by molar-refractivity contribution is 7.80. The fraction of sp³-hybridized carbons (Fsp3) is 0.160. The van der Waals surface area contributed by atoms with E-state index in [-0.39, 0.29) is 25.0 Å². The van der Waals surface area contributed by atoms with Crippen LogP contribution in [0.3, 0.4) is 0 Å². The first kappa shape index (κ1) is 22.2. The maximum Gasteiger partial charge on any atom is 0.257 e. The van der Waals surface area contributed by atoms with Crippen molar-refractivity contribution in [2.45, 2.75) is 19.0 Å². The molecule has 172 valence electrons. The van der Waals surface area contributed by atoms with Crippen LogP contribution < -0.4 is 19.7 Å². The normalized spacial score (nSPS) is 16.6. The maximum absolute atomic E-state index is 13.5. The molecule has 3 aromatic carbocycles. The van der Waals surface area contributed by atoms with Crippen LogP contribution in [0.1, 0.15) is 12.0 Å². The van der Waals surface area contributed by atoms with E-state index in [1.54, 1.807) is 29.2 Å². The predicted molar refractivity (Wildman–Crippen MR) is 133 cm³/mol. The molecule has 1 saturated heterocycles. The number of fused-ring (bicyclic) bond motifs is 1. The highest BCUT2D eigenvalue weighted by Gasteiger charge is 2.43. The number of hydrogen-bond acceptors (Lipinski definition) is 5. The number of ether oxygens (including phenoxy) is 2. The summed E-state index contributed by atoms with van der Waals surface area (Å²) in [4.78, 5) is 29.3. The van der Waals surface area contributed by atoms with Gasteiger partial charge in [-0.3, -0.25) is 9.59 Å². The molecular formula is C25H20ClN3O4S. The average molecular weight is 494 g/mol. The van der Waals surface area contributed by atoms with E-state index in [0.29, 0.717) is 33.9 Å². The standard InChI is InChI=1S/C25H20ClN3O4S/c26-17-5-4-8-19(12-17)29-23(30)13-20(24(29)31)28(25(34)27-18-6-2-1-3-7-18)14-16-9-10-21-22(11-16)33-15-32-21/h1-12,20H,13-15H2,(H,27,34). The molecule has 34 heavy (non-hydrogen) atoms. The number of rotatable bonds is 5. The zero-order valence-electron chi connectivity index (χ0n) is 17.9. The van der Waals surface area contributed by atoms with Crippen LogP contribution >= 0.6 is 23.8 Å². The van der Waals surface area contributed by atoms with Crippen LogP contribution in [0.25, 0.3) is 0 Å². The SMILES string of the molecule is O=C1CC(N(Cc2ccc3c(c2)OCO3)C(=S)Nc2ccccc2)C(=O)N1c1cccc(Cl)c1. The van der Waals surface area contributed by atoms with E-state index in [2.05, 4.69) is 5.32 Å². The lowest BCUT2D eigenvalue weighted by atomic mass is 10.1. The number of amides is 2. The molecule has 1 fully saturated rings. The molecule has 0 bridgehead atoms. The number of anilines is 2. The number of carbonyl (C=O) groups excluding carboxylic acids is 2. The second-order valence-corrected chi connectivity index (χ2v) is 8.70. The second-order valence-electron chi connectivity index (χ2n) is 7.88. The third-order valence-corrected chi connectivity index (χ3v) is 6.21. The molecule has 0 aliphatic carbocycles. The number of benzene rings is 3. The molecule has 2 aliphatic rings. The highest BCUT2D eigenvalue weighted by Crippen LogP contribution is 2.34. The number of nitrogens with one attached hydrogen (secondary N) is 1. The van der Waals surface area contributed by atoms with E-state index in [0.717, 1.165) is 11.3 Å². The smallest absolute Gasteiger partial charge is 0.257 e. The lowest BCUT2D eigenvalue weighted by Gasteiger charge is -2.30. The molecule has 1 N–H and O–H groups in total. The van der Waals surface area contributed by atoms with E-state index < -0.39 is 6.04 Å². The molecule has 7 nitrogen and oxygen atoms in total. The minimum absolute atomic E-state index is 0.00743. The molecule has 2 heterocycles. The molecule has 1 unspecified atom stereocenters. The van der Waals surface area contributed by atoms with Crippen molar-refractivity contribution in [3.05, 3.63) is 83.4 Å². The van der Waals surface area contributed by atoms with Crippen LogP contribution in [0.4, 0.5) is 11.4 Å². The number of nitrogens with zero attached hydrogens (tertiary/aromatic N) is 2. The molecule has 1 atom stereocenters. The first-order valence-corrected chi connectivity index (χ1v) is 11.4. The van der Waals surface area contributed by atoms with Crippen molar-refractivity contribution in [2.75, 3.05) is 17.0 Å². The summed E-state index contributed by atoms with van der Waals surface area (Å²) in [6, 6.07) is 20.9. The third kappa shape index (κ3) is 4.42. The molecule has 2 amide bonds. The average Bonchev–Trinajstić information content (AvgIpc) is 3.41. The van der Waals surface area contributed by atoms with Crippen LogP contribution in [0.15, 0.2) is 72.8 Å². The number of thiocarbonyl (C=S) groups is 1. The van der Waals surface area contributed by atoms with Crippen LogP contribution in [-0.4, -0.2) is 34.7 Å². The first-order chi connectivity index (χ1) is 16.5. The lowest BCUT2D eigenvalue weighted by molar-refractivity contribution is -0.122. The van der Waals surface area contributed by atoms with Gasteiger partial charge in [0.05, 0.1) is 12.1 Å². The third-order valence-electron chi connectivity index (χ3n) is 5.64. The van der Waals surface area contributed by atoms with Gasteiger partial charge in [0.15, 0.2) is 16.6 Å². The number of halogens is 1. The van der Waals surface area contributed by atoms with Gasteiger partial charge < -0.3 is 19.7 Å². The summed E-state index contributed by atoms with van der Waals surface area (Å²) < 4.78 is 10.9. The van der Waals surface area contributed by atoms with Crippen LogP contribution in [0.2, 0.25) is 5.02 Å². The van der Waals surface area contributed by atoms with Crippen molar-refractivity contribution in [1.82, 2.24) is 4.90 Å². The molecule has 9 heteroatoms. The molecule has 0 saturated carbocycles. The van der Waals surface area contributed by atoms with E-state index >= 15 is 0 Å². The molecular weight excluding hydrogens is 474 g/mol. The van der Waals surface area contributed by atoms with Crippen molar-refractivity contribution in [1.29, 1.82) is 0 Å². The Balaban J connectivity index is 1.45. The molecule has 5 rings (SSSR count). The summed E-state index contributed by atoms with van der Waals surface area (Å²) in [5, 5.41) is 3.97. The van der Waals surface area contributed by atoms with E-state index in [4.69, 9.17) is 33.3 Å². The largest absolute Gasteiger partial charge is 0.454 e. The second kappa shape index (κ2) is 9.32. The van der Waals surface area contributed by atoms with E-state index in [1.165, 1.54) is 4.90 Å². The Hall–Kier alpha value is -3.62. The Bertz CT molecular complexity index is 1270. The van der Waals surface area contributed by atoms with E-state index in [9.17, 15) is 9.59 Å². The monoisotopic (exact) mass is 493 g/mol. The minimum atomic E-state index is -0.777. The summed E-state index contributed by atoms with van der Waals surface area (Å²) in [7, 11) is 0. The zero-order valence-corrected chi connectivity index (χ0v) is 19.5. The quantitative estimate of drug-likeness (QED) is 0.411. The molecule has 0 spiro atoms. The van der Waals surface area contributed by atoms with Gasteiger partial charge in [0.25, 0.3) is 5.91 Å². The van der Waals surface area contributed by atoms with Gasteiger partial charge in [0, 0.05) is 17.3 Å². The Morgan fingerprint density at radius 1 is 1.03 bits per heavy atom. The van der Waals surface area contributed by atoms with E-state index in [1.807, 2.05) is 48.5 Å². The fourth-order valence-corrected chi connectivity index (χ4v) is 4.52. The fourth-order valence-electron chi connectivity index (χ4n) is 4.02. The van der Waals surface area contributed by atoms with Crippen molar-refractivity contribution < 1.29 is 19.1 Å². The number of para-hydroxylation sites is 1. The van der Waals surface area contributed by atoms with Gasteiger partial charge in [-0.05, 0) is 60.2 Å². The lowest BCUT2D eigenvalue weighted by Crippen LogP contribution is -2.46. The highest BCUT2D eigenvalue weighted by atomic mass is 35.5. The summed E-state index contributed by atoms with van der Waals surface area (Å²) in [6.07, 6.45) is -0.00743. The summed E-state index contributed by atoms with van der Waals surface area (Å²) in [5.74, 6) is 0.633. The number of carbonyl (C=O) groups is 2. The van der Waals surface area contributed by atoms with Crippen molar-refractivity contribution >= 4 is 52.1 Å². The Morgan fingerprint density at radius 2 is 1.82 bits per heavy atom. The topological polar surface area (TPSA) is 71.1 Å². The van der Waals surface area contributed by atoms with Crippen LogP contribution in [-0.2, 0) is 16.1 Å². The number of hydrogen-bond donors (Lipinski definition) is 1. The van der Waals surface area contributed by atoms with Gasteiger partial charge in [-0.15, -0.1) is 0 Å². The predicted octanol–water partition coefficient (Wildman–Crippen LogP) is 4.60. The maximum atomic E-state index is 13.5. The van der Waals surface area contributed by atoms with Gasteiger partial charge >= 0.3 is 0 Å². The van der Waals surface area contributed by atoms with Gasteiger partial charge in [-0.25, -0.2) is 4.90 Å². The molecule has 0 radical (unpaired) electrons. The molecule has 0 aromatic heterocycles. The summed E-state index contributed by atoms with van der Waals surface area (Å²) in [5.41, 5.74) is 2.09. The summed E-state index contributed by atoms with van der Waals surface area (Å²) >= 11 is 11.8. The Labute approximate surface area is 206 Å².